The molecular weight excluding hydrogens is 300 g/mol. The van der Waals surface area contributed by atoms with Gasteiger partial charge >= 0.3 is 0 Å². The first-order valence-corrected chi connectivity index (χ1v) is 9.30. The number of amides is 1. The number of aryl methyl sites for hydroxylation is 1. The maximum atomic E-state index is 12.6. The number of sulfonamides is 1. The number of piperazine rings is 1. The van der Waals surface area contributed by atoms with Crippen LogP contribution in [0.4, 0.5) is 0 Å². The van der Waals surface area contributed by atoms with E-state index in [9.17, 15) is 13.2 Å². The Labute approximate surface area is 133 Å². The van der Waals surface area contributed by atoms with Gasteiger partial charge in [-0.3, -0.25) is 4.79 Å². The van der Waals surface area contributed by atoms with Crippen LogP contribution in [0.2, 0.25) is 0 Å². The van der Waals surface area contributed by atoms with Crippen molar-refractivity contribution in [1.82, 2.24) is 9.21 Å². The molecule has 22 heavy (non-hydrogen) atoms. The lowest BCUT2D eigenvalue weighted by Gasteiger charge is -2.34. The molecule has 122 valence electrons. The van der Waals surface area contributed by atoms with E-state index in [-0.39, 0.29) is 5.91 Å². The Kier molecular flexibility index (Phi) is 5.58. The molecule has 1 aliphatic rings. The second-order valence-corrected chi connectivity index (χ2v) is 7.47. The highest BCUT2D eigenvalue weighted by Crippen LogP contribution is 2.18. The Morgan fingerprint density at radius 1 is 1.05 bits per heavy atom. The van der Waals surface area contributed by atoms with Crippen LogP contribution in [0.15, 0.2) is 29.2 Å². The lowest BCUT2D eigenvalue weighted by molar-refractivity contribution is -0.132. The highest BCUT2D eigenvalue weighted by molar-refractivity contribution is 7.89. The van der Waals surface area contributed by atoms with Crippen LogP contribution in [-0.4, -0.2) is 49.7 Å². The van der Waals surface area contributed by atoms with Crippen molar-refractivity contribution in [2.75, 3.05) is 26.2 Å². The maximum Gasteiger partial charge on any atom is 0.243 e. The van der Waals surface area contributed by atoms with Gasteiger partial charge in [0.2, 0.25) is 15.9 Å². The topological polar surface area (TPSA) is 57.7 Å². The van der Waals surface area contributed by atoms with Gasteiger partial charge in [-0.25, -0.2) is 8.42 Å². The molecule has 1 aromatic rings. The lowest BCUT2D eigenvalue weighted by atomic mass is 10.2. The normalized spacial score (nSPS) is 16.7. The molecule has 0 spiro atoms. The smallest absolute Gasteiger partial charge is 0.243 e. The Hall–Kier alpha value is -1.40. The molecule has 6 heteroatoms. The molecule has 0 aromatic heterocycles. The monoisotopic (exact) mass is 324 g/mol. The number of benzene rings is 1. The van der Waals surface area contributed by atoms with Crippen molar-refractivity contribution in [3.8, 4) is 0 Å². The van der Waals surface area contributed by atoms with E-state index < -0.39 is 10.0 Å². The first-order valence-electron chi connectivity index (χ1n) is 7.86. The zero-order valence-electron chi connectivity index (χ0n) is 13.3. The molecule has 0 aliphatic carbocycles. The molecule has 1 fully saturated rings. The number of carbonyl (C=O) groups is 1. The van der Waals surface area contributed by atoms with Gasteiger partial charge in [-0.1, -0.05) is 26.0 Å². The molecule has 1 saturated heterocycles. The van der Waals surface area contributed by atoms with Crippen molar-refractivity contribution in [1.29, 1.82) is 0 Å². The van der Waals surface area contributed by atoms with Crippen LogP contribution < -0.4 is 0 Å². The fourth-order valence-electron chi connectivity index (χ4n) is 2.60. The fraction of sp³-hybridized carbons (Fsp3) is 0.562. The van der Waals surface area contributed by atoms with Crippen LogP contribution in [0.5, 0.6) is 0 Å². The molecule has 1 aromatic carbocycles. The highest BCUT2D eigenvalue weighted by Gasteiger charge is 2.29. The lowest BCUT2D eigenvalue weighted by Crippen LogP contribution is -2.50. The molecule has 0 saturated carbocycles. The molecule has 0 N–H and O–H groups in total. The van der Waals surface area contributed by atoms with Gasteiger partial charge in [0.15, 0.2) is 0 Å². The van der Waals surface area contributed by atoms with E-state index >= 15 is 0 Å². The summed E-state index contributed by atoms with van der Waals surface area (Å²) in [5, 5.41) is 0. The van der Waals surface area contributed by atoms with Crippen LogP contribution >= 0.6 is 0 Å². The molecule has 1 heterocycles. The zero-order valence-corrected chi connectivity index (χ0v) is 14.1. The van der Waals surface area contributed by atoms with E-state index in [1.807, 2.05) is 26.0 Å². The van der Waals surface area contributed by atoms with E-state index in [0.717, 1.165) is 18.4 Å². The predicted molar refractivity (Wildman–Crippen MR) is 86.1 cm³/mol. The molecular formula is C16H24N2O3S. The van der Waals surface area contributed by atoms with Gasteiger partial charge in [0, 0.05) is 32.6 Å². The zero-order chi connectivity index (χ0) is 16.2. The SMILES string of the molecule is CCCC(=O)N1CCN(S(=O)(=O)c2ccc(CC)cc2)CC1. The van der Waals surface area contributed by atoms with Gasteiger partial charge in [0.25, 0.3) is 0 Å². The van der Waals surface area contributed by atoms with E-state index in [0.29, 0.717) is 37.5 Å². The Morgan fingerprint density at radius 2 is 1.64 bits per heavy atom. The molecule has 2 rings (SSSR count). The van der Waals surface area contributed by atoms with Crippen molar-refractivity contribution >= 4 is 15.9 Å². The summed E-state index contributed by atoms with van der Waals surface area (Å²) in [6.07, 6.45) is 2.24. The van der Waals surface area contributed by atoms with Gasteiger partial charge in [0.05, 0.1) is 4.90 Å². The number of hydrogen-bond acceptors (Lipinski definition) is 3. The molecule has 5 nitrogen and oxygen atoms in total. The average molecular weight is 324 g/mol. The van der Waals surface area contributed by atoms with Crippen molar-refractivity contribution < 1.29 is 13.2 Å². The first kappa shape index (κ1) is 17.0. The quantitative estimate of drug-likeness (QED) is 0.831. The first-order chi connectivity index (χ1) is 10.5. The Bertz CT molecular complexity index is 603. The minimum Gasteiger partial charge on any atom is -0.340 e. The van der Waals surface area contributed by atoms with E-state index in [1.54, 1.807) is 17.0 Å². The Balaban J connectivity index is 2.04. The second kappa shape index (κ2) is 7.24. The van der Waals surface area contributed by atoms with Gasteiger partial charge in [-0.05, 0) is 30.5 Å². The number of hydrogen-bond donors (Lipinski definition) is 0. The van der Waals surface area contributed by atoms with Crippen LogP contribution in [0.25, 0.3) is 0 Å². The molecule has 0 unspecified atom stereocenters. The van der Waals surface area contributed by atoms with Crippen molar-refractivity contribution in [3.05, 3.63) is 29.8 Å². The largest absolute Gasteiger partial charge is 0.340 e. The van der Waals surface area contributed by atoms with Crippen LogP contribution in [0.1, 0.15) is 32.3 Å². The second-order valence-electron chi connectivity index (χ2n) is 5.53. The maximum absolute atomic E-state index is 12.6. The van der Waals surface area contributed by atoms with Crippen LogP contribution in [0, 0.1) is 0 Å². The van der Waals surface area contributed by atoms with Gasteiger partial charge in [-0.2, -0.15) is 4.31 Å². The number of carbonyl (C=O) groups excluding carboxylic acids is 1. The molecule has 1 aliphatic heterocycles. The third kappa shape index (κ3) is 3.67. The van der Waals surface area contributed by atoms with Gasteiger partial charge in [-0.15, -0.1) is 0 Å². The predicted octanol–water partition coefficient (Wildman–Crippen LogP) is 1.88. The van der Waals surface area contributed by atoms with Crippen molar-refractivity contribution in [3.63, 3.8) is 0 Å². The summed E-state index contributed by atoms with van der Waals surface area (Å²) in [6.45, 7) is 5.70. The summed E-state index contributed by atoms with van der Waals surface area (Å²) in [7, 11) is -3.45. The fourth-order valence-corrected chi connectivity index (χ4v) is 4.02. The average Bonchev–Trinajstić information content (AvgIpc) is 2.55. The Morgan fingerprint density at radius 3 is 2.14 bits per heavy atom. The minimum absolute atomic E-state index is 0.117. The van der Waals surface area contributed by atoms with Crippen LogP contribution in [0.3, 0.4) is 0 Å². The van der Waals surface area contributed by atoms with Crippen molar-refractivity contribution in [2.24, 2.45) is 0 Å². The summed E-state index contributed by atoms with van der Waals surface area (Å²) in [4.78, 5) is 13.9. The summed E-state index contributed by atoms with van der Waals surface area (Å²) < 4.78 is 26.7. The number of nitrogens with zero attached hydrogens (tertiary/aromatic N) is 2. The standard InChI is InChI=1S/C16H24N2O3S/c1-3-5-16(19)17-10-12-18(13-11-17)22(20,21)15-8-6-14(4-2)7-9-15/h6-9H,3-5,10-13H2,1-2H3. The van der Waals surface area contributed by atoms with Crippen LogP contribution in [-0.2, 0) is 21.2 Å². The highest BCUT2D eigenvalue weighted by atomic mass is 32.2. The molecule has 0 atom stereocenters. The summed E-state index contributed by atoms with van der Waals surface area (Å²) in [5.41, 5.74) is 1.12. The third-order valence-corrected chi connectivity index (χ3v) is 5.94. The van der Waals surface area contributed by atoms with Gasteiger partial charge in [0.1, 0.15) is 0 Å². The summed E-state index contributed by atoms with van der Waals surface area (Å²) >= 11 is 0. The summed E-state index contributed by atoms with van der Waals surface area (Å²) in [5.74, 6) is 0.117. The number of rotatable bonds is 5. The molecule has 1 amide bonds. The van der Waals surface area contributed by atoms with Gasteiger partial charge < -0.3 is 4.90 Å². The third-order valence-electron chi connectivity index (χ3n) is 4.02. The summed E-state index contributed by atoms with van der Waals surface area (Å²) in [6, 6.07) is 7.05. The molecule has 0 bridgehead atoms. The van der Waals surface area contributed by atoms with E-state index in [4.69, 9.17) is 0 Å². The van der Waals surface area contributed by atoms with E-state index in [2.05, 4.69) is 0 Å². The van der Waals surface area contributed by atoms with Crippen molar-refractivity contribution in [2.45, 2.75) is 38.0 Å². The molecule has 0 radical (unpaired) electrons. The van der Waals surface area contributed by atoms with E-state index in [1.165, 1.54) is 4.31 Å². The minimum atomic E-state index is -3.45.